The minimum absolute atomic E-state index is 0.0176. The fourth-order valence-electron chi connectivity index (χ4n) is 2.68. The number of carbonyl (C=O) groups excluding carboxylic acids is 2. The van der Waals surface area contributed by atoms with Gasteiger partial charge in [-0.1, -0.05) is 61.7 Å². The smallest absolute Gasteiger partial charge is 0.245 e. The molecule has 0 saturated heterocycles. The lowest BCUT2D eigenvalue weighted by atomic mass is 10.1. The summed E-state index contributed by atoms with van der Waals surface area (Å²) in [6, 6.07) is 11.2. The van der Waals surface area contributed by atoms with Gasteiger partial charge in [-0.15, -0.1) is 0 Å². The van der Waals surface area contributed by atoms with Crippen molar-refractivity contribution in [1.82, 2.24) is 10.1 Å². The van der Waals surface area contributed by atoms with E-state index >= 15 is 0 Å². The SMILES string of the molecule is CCCCCCN(CC(=O)Nc1cc(C)on1)C(=O)Cc1ccccc1. The van der Waals surface area contributed by atoms with E-state index in [4.69, 9.17) is 4.52 Å². The highest BCUT2D eigenvalue weighted by Crippen LogP contribution is 2.09. The van der Waals surface area contributed by atoms with Gasteiger partial charge in [0.05, 0.1) is 13.0 Å². The molecule has 2 amide bonds. The topological polar surface area (TPSA) is 75.4 Å². The predicted octanol–water partition coefficient (Wildman–Crippen LogP) is 3.57. The fraction of sp³-hybridized carbons (Fsp3) is 0.450. The number of nitrogens with one attached hydrogen (secondary N) is 1. The van der Waals surface area contributed by atoms with Gasteiger partial charge >= 0.3 is 0 Å². The molecule has 0 spiro atoms. The molecule has 0 atom stereocenters. The highest BCUT2D eigenvalue weighted by molar-refractivity contribution is 5.94. The summed E-state index contributed by atoms with van der Waals surface area (Å²) in [6.07, 6.45) is 4.50. The standard InChI is InChI=1S/C20H27N3O3/c1-3-4-5-9-12-23(20(25)14-17-10-7-6-8-11-17)15-19(24)21-18-13-16(2)26-22-18/h6-8,10-11,13H,3-5,9,12,14-15H2,1-2H3,(H,21,22,24). The highest BCUT2D eigenvalue weighted by atomic mass is 16.5. The first-order chi connectivity index (χ1) is 12.6. The van der Waals surface area contributed by atoms with Gasteiger partial charge in [-0.3, -0.25) is 9.59 Å². The molecule has 0 aliphatic heterocycles. The number of aromatic nitrogens is 1. The Balaban J connectivity index is 1.94. The van der Waals surface area contributed by atoms with Crippen molar-refractivity contribution in [3.05, 3.63) is 47.7 Å². The number of unbranched alkanes of at least 4 members (excludes halogenated alkanes) is 3. The first kappa shape index (κ1) is 19.7. The van der Waals surface area contributed by atoms with Gasteiger partial charge in [0.25, 0.3) is 0 Å². The van der Waals surface area contributed by atoms with E-state index in [9.17, 15) is 9.59 Å². The van der Waals surface area contributed by atoms with Crippen LogP contribution in [0.4, 0.5) is 5.82 Å². The molecule has 0 bridgehead atoms. The Morgan fingerprint density at radius 2 is 1.92 bits per heavy atom. The third-order valence-corrected chi connectivity index (χ3v) is 4.06. The molecule has 6 nitrogen and oxygen atoms in total. The van der Waals surface area contributed by atoms with Crippen LogP contribution in [0.3, 0.4) is 0 Å². The molecule has 6 heteroatoms. The number of rotatable bonds is 10. The van der Waals surface area contributed by atoms with Gasteiger partial charge < -0.3 is 14.7 Å². The van der Waals surface area contributed by atoms with E-state index < -0.39 is 0 Å². The molecule has 1 aromatic carbocycles. The second-order valence-electron chi connectivity index (χ2n) is 6.41. The van der Waals surface area contributed by atoms with Crippen molar-refractivity contribution in [2.75, 3.05) is 18.4 Å². The Morgan fingerprint density at radius 3 is 2.58 bits per heavy atom. The summed E-state index contributed by atoms with van der Waals surface area (Å²) in [4.78, 5) is 26.6. The molecule has 1 aromatic heterocycles. The zero-order valence-corrected chi connectivity index (χ0v) is 15.5. The molecule has 26 heavy (non-hydrogen) atoms. The summed E-state index contributed by atoms with van der Waals surface area (Å²) in [5.74, 6) is 0.681. The number of hydrogen-bond acceptors (Lipinski definition) is 4. The van der Waals surface area contributed by atoms with Gasteiger partial charge in [0.15, 0.2) is 5.82 Å². The molecule has 0 radical (unpaired) electrons. The average Bonchev–Trinajstić information content (AvgIpc) is 3.03. The van der Waals surface area contributed by atoms with Crippen molar-refractivity contribution >= 4 is 17.6 Å². The van der Waals surface area contributed by atoms with Crippen LogP contribution >= 0.6 is 0 Å². The summed E-state index contributed by atoms with van der Waals surface area (Å²) in [7, 11) is 0. The molecule has 2 rings (SSSR count). The molecule has 0 aliphatic carbocycles. The van der Waals surface area contributed by atoms with Crippen molar-refractivity contribution in [1.29, 1.82) is 0 Å². The third-order valence-electron chi connectivity index (χ3n) is 4.06. The normalized spacial score (nSPS) is 10.5. The second kappa shape index (κ2) is 10.4. The van der Waals surface area contributed by atoms with E-state index in [1.54, 1.807) is 17.9 Å². The van der Waals surface area contributed by atoms with Crippen molar-refractivity contribution < 1.29 is 14.1 Å². The van der Waals surface area contributed by atoms with Crippen LogP contribution in [0.15, 0.2) is 40.9 Å². The highest BCUT2D eigenvalue weighted by Gasteiger charge is 2.18. The number of nitrogens with zero attached hydrogens (tertiary/aromatic N) is 2. The molecule has 2 aromatic rings. The Kier molecular flexibility index (Phi) is 7.86. The van der Waals surface area contributed by atoms with Gasteiger partial charge in [0.2, 0.25) is 11.8 Å². The first-order valence-electron chi connectivity index (χ1n) is 9.13. The maximum absolute atomic E-state index is 12.7. The number of amides is 2. The van der Waals surface area contributed by atoms with Gasteiger partial charge in [-0.05, 0) is 18.9 Å². The molecule has 1 N–H and O–H groups in total. The minimum Gasteiger partial charge on any atom is -0.360 e. The molecule has 1 heterocycles. The van der Waals surface area contributed by atoms with Crippen molar-refractivity contribution in [2.45, 2.75) is 46.0 Å². The van der Waals surface area contributed by atoms with Crippen molar-refractivity contribution in [3.8, 4) is 0 Å². The lowest BCUT2D eigenvalue weighted by molar-refractivity contribution is -0.134. The summed E-state index contributed by atoms with van der Waals surface area (Å²) >= 11 is 0. The monoisotopic (exact) mass is 357 g/mol. The molecular formula is C20H27N3O3. The number of aryl methyl sites for hydroxylation is 1. The van der Waals surface area contributed by atoms with E-state index in [1.807, 2.05) is 30.3 Å². The van der Waals surface area contributed by atoms with Crippen LogP contribution in [0.5, 0.6) is 0 Å². The minimum atomic E-state index is -0.268. The average molecular weight is 357 g/mol. The lowest BCUT2D eigenvalue weighted by Crippen LogP contribution is -2.39. The summed E-state index contributed by atoms with van der Waals surface area (Å²) < 4.78 is 4.94. The molecule has 0 fully saturated rings. The summed E-state index contributed by atoms with van der Waals surface area (Å²) in [5, 5.41) is 6.43. The quantitative estimate of drug-likeness (QED) is 0.660. The summed E-state index contributed by atoms with van der Waals surface area (Å²) in [6.45, 7) is 4.50. The second-order valence-corrected chi connectivity index (χ2v) is 6.41. The molecule has 140 valence electrons. The third kappa shape index (κ3) is 6.70. The summed E-state index contributed by atoms with van der Waals surface area (Å²) in [5.41, 5.74) is 0.948. The maximum atomic E-state index is 12.7. The number of carbonyl (C=O) groups is 2. The predicted molar refractivity (Wildman–Crippen MR) is 101 cm³/mol. The first-order valence-corrected chi connectivity index (χ1v) is 9.13. The van der Waals surface area contributed by atoms with E-state index in [-0.39, 0.29) is 18.4 Å². The van der Waals surface area contributed by atoms with Crippen LogP contribution in [-0.4, -0.2) is 35.0 Å². The van der Waals surface area contributed by atoms with Gasteiger partial charge in [-0.25, -0.2) is 0 Å². The fourth-order valence-corrected chi connectivity index (χ4v) is 2.68. The van der Waals surface area contributed by atoms with Gasteiger partial charge in [0, 0.05) is 12.6 Å². The van der Waals surface area contributed by atoms with Crippen LogP contribution in [0.1, 0.15) is 43.9 Å². The van der Waals surface area contributed by atoms with E-state index in [0.717, 1.165) is 31.2 Å². The number of hydrogen-bond donors (Lipinski definition) is 1. The molecule has 0 aliphatic rings. The molecule has 0 unspecified atom stereocenters. The van der Waals surface area contributed by atoms with Crippen molar-refractivity contribution in [3.63, 3.8) is 0 Å². The maximum Gasteiger partial charge on any atom is 0.245 e. The largest absolute Gasteiger partial charge is 0.360 e. The zero-order chi connectivity index (χ0) is 18.8. The molecule has 0 saturated carbocycles. The van der Waals surface area contributed by atoms with E-state index in [0.29, 0.717) is 24.5 Å². The van der Waals surface area contributed by atoms with Crippen LogP contribution in [0.2, 0.25) is 0 Å². The van der Waals surface area contributed by atoms with Crippen LogP contribution in [0.25, 0.3) is 0 Å². The van der Waals surface area contributed by atoms with Crippen LogP contribution in [0, 0.1) is 6.92 Å². The Hall–Kier alpha value is -2.63. The lowest BCUT2D eigenvalue weighted by Gasteiger charge is -2.22. The Morgan fingerprint density at radius 1 is 1.15 bits per heavy atom. The Labute approximate surface area is 154 Å². The van der Waals surface area contributed by atoms with Gasteiger partial charge in [0.1, 0.15) is 5.76 Å². The van der Waals surface area contributed by atoms with E-state index in [1.165, 1.54) is 0 Å². The Bertz CT molecular complexity index is 697. The van der Waals surface area contributed by atoms with Crippen molar-refractivity contribution in [2.24, 2.45) is 0 Å². The van der Waals surface area contributed by atoms with Gasteiger partial charge in [-0.2, -0.15) is 0 Å². The van der Waals surface area contributed by atoms with E-state index in [2.05, 4.69) is 17.4 Å². The zero-order valence-electron chi connectivity index (χ0n) is 15.5. The molecular weight excluding hydrogens is 330 g/mol. The van der Waals surface area contributed by atoms with Crippen LogP contribution in [-0.2, 0) is 16.0 Å². The number of anilines is 1. The number of benzene rings is 1. The van der Waals surface area contributed by atoms with Crippen LogP contribution < -0.4 is 5.32 Å².